The van der Waals surface area contributed by atoms with Gasteiger partial charge in [0.15, 0.2) is 0 Å². The molecule has 122 valence electrons. The quantitative estimate of drug-likeness (QED) is 0.781. The van der Waals surface area contributed by atoms with E-state index in [1.807, 2.05) is 11.8 Å². The average Bonchev–Trinajstić information content (AvgIpc) is 2.61. The molecule has 6 heteroatoms. The minimum Gasteiger partial charge on any atom is -0.480 e. The Morgan fingerprint density at radius 3 is 2.43 bits per heavy atom. The number of carboxylic acid groups (broad SMARTS) is 1. The first-order valence-electron chi connectivity index (χ1n) is 7.88. The van der Waals surface area contributed by atoms with Gasteiger partial charge in [0.05, 0.1) is 6.54 Å². The highest BCUT2D eigenvalue weighted by atomic mass is 16.4. The summed E-state index contributed by atoms with van der Waals surface area (Å²) in [6.45, 7) is 9.10. The summed E-state index contributed by atoms with van der Waals surface area (Å²) in [6, 6.07) is 0.154. The van der Waals surface area contributed by atoms with E-state index in [0.29, 0.717) is 25.6 Å². The van der Waals surface area contributed by atoms with E-state index in [1.54, 1.807) is 4.90 Å². The molecule has 0 aliphatic carbocycles. The molecule has 1 fully saturated rings. The van der Waals surface area contributed by atoms with E-state index in [1.165, 1.54) is 0 Å². The van der Waals surface area contributed by atoms with Gasteiger partial charge in [0.2, 0.25) is 0 Å². The van der Waals surface area contributed by atoms with Crippen LogP contribution >= 0.6 is 0 Å². The maximum atomic E-state index is 12.2. The third kappa shape index (κ3) is 7.32. The van der Waals surface area contributed by atoms with E-state index in [0.717, 1.165) is 25.8 Å². The molecule has 0 aromatic carbocycles. The number of aliphatic carboxylic acids is 1. The summed E-state index contributed by atoms with van der Waals surface area (Å²) in [5.41, 5.74) is 0. The van der Waals surface area contributed by atoms with Crippen LogP contribution in [0, 0.1) is 5.92 Å². The fourth-order valence-electron chi connectivity index (χ4n) is 2.48. The number of carboxylic acids is 1. The number of amides is 2. The lowest BCUT2D eigenvalue weighted by Gasteiger charge is -2.24. The molecule has 0 radical (unpaired) electrons. The Kier molecular flexibility index (Phi) is 7.50. The van der Waals surface area contributed by atoms with Gasteiger partial charge in [0.1, 0.15) is 0 Å². The summed E-state index contributed by atoms with van der Waals surface area (Å²) in [4.78, 5) is 26.6. The highest BCUT2D eigenvalue weighted by molar-refractivity contribution is 5.74. The number of nitrogens with zero attached hydrogens (tertiary/aromatic N) is 2. The van der Waals surface area contributed by atoms with Crippen molar-refractivity contribution < 1.29 is 14.7 Å². The number of carbonyl (C=O) groups is 2. The van der Waals surface area contributed by atoms with E-state index in [-0.39, 0.29) is 18.6 Å². The Balaban J connectivity index is 2.35. The van der Waals surface area contributed by atoms with Gasteiger partial charge in [-0.15, -0.1) is 0 Å². The fraction of sp³-hybridized carbons (Fsp3) is 0.867. The zero-order chi connectivity index (χ0) is 15.8. The number of carbonyl (C=O) groups excluding carboxylic acids is 1. The fourth-order valence-corrected chi connectivity index (χ4v) is 2.48. The Bertz CT molecular complexity index is 347. The third-order valence-electron chi connectivity index (χ3n) is 3.78. The van der Waals surface area contributed by atoms with Gasteiger partial charge in [0.25, 0.3) is 0 Å². The van der Waals surface area contributed by atoms with Crippen LogP contribution in [0.5, 0.6) is 0 Å². The zero-order valence-corrected chi connectivity index (χ0v) is 13.5. The maximum absolute atomic E-state index is 12.2. The lowest BCUT2D eigenvalue weighted by Crippen LogP contribution is -2.45. The molecular weight excluding hydrogens is 270 g/mol. The predicted octanol–water partition coefficient (Wildman–Crippen LogP) is 1.61. The van der Waals surface area contributed by atoms with Crippen LogP contribution in [0.2, 0.25) is 0 Å². The molecule has 1 saturated heterocycles. The average molecular weight is 299 g/mol. The standard InChI is InChI=1S/C15H29N3O3/c1-12(2)5-6-13(3)16-15(21)18-8-4-7-17(9-10-18)11-14(19)20/h12-13H,4-11H2,1-3H3,(H,16,21)(H,19,20). The van der Waals surface area contributed by atoms with Crippen LogP contribution in [0.25, 0.3) is 0 Å². The summed E-state index contributed by atoms with van der Waals surface area (Å²) >= 11 is 0. The number of hydrogen-bond donors (Lipinski definition) is 2. The minimum absolute atomic E-state index is 0.0246. The first kappa shape index (κ1) is 17.8. The lowest BCUT2D eigenvalue weighted by molar-refractivity contribution is -0.138. The molecule has 1 aliphatic rings. The molecule has 1 unspecified atom stereocenters. The molecule has 0 aromatic rings. The summed E-state index contributed by atoms with van der Waals surface area (Å²) in [6.07, 6.45) is 2.91. The number of nitrogens with one attached hydrogen (secondary N) is 1. The van der Waals surface area contributed by atoms with Crippen LogP contribution < -0.4 is 5.32 Å². The molecule has 21 heavy (non-hydrogen) atoms. The molecule has 0 saturated carbocycles. The summed E-state index contributed by atoms with van der Waals surface area (Å²) < 4.78 is 0. The first-order chi connectivity index (χ1) is 9.88. The highest BCUT2D eigenvalue weighted by Gasteiger charge is 2.21. The number of urea groups is 1. The molecule has 2 N–H and O–H groups in total. The number of rotatable bonds is 6. The largest absolute Gasteiger partial charge is 0.480 e. The Morgan fingerprint density at radius 1 is 1.10 bits per heavy atom. The SMILES string of the molecule is CC(C)CCC(C)NC(=O)N1CCCN(CC(=O)O)CC1. The second-order valence-electron chi connectivity index (χ2n) is 6.33. The predicted molar refractivity (Wildman–Crippen MR) is 82.3 cm³/mol. The van der Waals surface area contributed by atoms with Gasteiger partial charge >= 0.3 is 12.0 Å². The van der Waals surface area contributed by atoms with Gasteiger partial charge in [-0.05, 0) is 32.1 Å². The van der Waals surface area contributed by atoms with Crippen LogP contribution in [0.3, 0.4) is 0 Å². The molecule has 1 atom stereocenters. The van der Waals surface area contributed by atoms with E-state index in [4.69, 9.17) is 5.11 Å². The molecule has 6 nitrogen and oxygen atoms in total. The maximum Gasteiger partial charge on any atom is 0.317 e. The van der Waals surface area contributed by atoms with Crippen LogP contribution in [0.1, 0.15) is 40.0 Å². The molecule has 0 aromatic heterocycles. The normalized spacial score (nSPS) is 18.4. The van der Waals surface area contributed by atoms with Gasteiger partial charge in [-0.1, -0.05) is 13.8 Å². The molecule has 2 amide bonds. The summed E-state index contributed by atoms with van der Waals surface area (Å²) in [5, 5.41) is 11.9. The van der Waals surface area contributed by atoms with Crippen molar-refractivity contribution in [3.63, 3.8) is 0 Å². The van der Waals surface area contributed by atoms with Gasteiger partial charge in [-0.3, -0.25) is 9.69 Å². The van der Waals surface area contributed by atoms with Crippen molar-refractivity contribution in [3.8, 4) is 0 Å². The van der Waals surface area contributed by atoms with Gasteiger partial charge in [-0.2, -0.15) is 0 Å². The van der Waals surface area contributed by atoms with Crippen molar-refractivity contribution >= 4 is 12.0 Å². The smallest absolute Gasteiger partial charge is 0.317 e. The van der Waals surface area contributed by atoms with Crippen molar-refractivity contribution in [1.82, 2.24) is 15.1 Å². The second kappa shape index (κ2) is 8.87. The highest BCUT2D eigenvalue weighted by Crippen LogP contribution is 2.08. The van der Waals surface area contributed by atoms with Gasteiger partial charge in [0, 0.05) is 32.2 Å². The minimum atomic E-state index is -0.810. The Morgan fingerprint density at radius 2 is 1.81 bits per heavy atom. The second-order valence-corrected chi connectivity index (χ2v) is 6.33. The topological polar surface area (TPSA) is 72.9 Å². The summed E-state index contributed by atoms with van der Waals surface area (Å²) in [7, 11) is 0. The van der Waals surface area contributed by atoms with E-state index >= 15 is 0 Å². The van der Waals surface area contributed by atoms with Crippen molar-refractivity contribution in [3.05, 3.63) is 0 Å². The molecule has 1 aliphatic heterocycles. The Labute approximate surface area is 127 Å². The van der Waals surface area contributed by atoms with Gasteiger partial charge < -0.3 is 15.3 Å². The summed E-state index contributed by atoms with van der Waals surface area (Å²) in [5.74, 6) is -0.165. The van der Waals surface area contributed by atoms with Crippen molar-refractivity contribution in [1.29, 1.82) is 0 Å². The van der Waals surface area contributed by atoms with E-state index < -0.39 is 5.97 Å². The van der Waals surface area contributed by atoms with Crippen molar-refractivity contribution in [2.45, 2.75) is 46.1 Å². The molecule has 1 heterocycles. The van der Waals surface area contributed by atoms with Crippen LogP contribution in [0.15, 0.2) is 0 Å². The van der Waals surface area contributed by atoms with Crippen molar-refractivity contribution in [2.24, 2.45) is 5.92 Å². The zero-order valence-electron chi connectivity index (χ0n) is 13.5. The molecule has 0 bridgehead atoms. The van der Waals surface area contributed by atoms with Crippen molar-refractivity contribution in [2.75, 3.05) is 32.7 Å². The number of hydrogen-bond acceptors (Lipinski definition) is 3. The first-order valence-corrected chi connectivity index (χ1v) is 7.88. The van der Waals surface area contributed by atoms with Crippen LogP contribution in [0.4, 0.5) is 4.79 Å². The molecule has 0 spiro atoms. The molecule has 1 rings (SSSR count). The van der Waals surface area contributed by atoms with Crippen LogP contribution in [-0.4, -0.2) is 65.7 Å². The Hall–Kier alpha value is -1.30. The van der Waals surface area contributed by atoms with E-state index in [9.17, 15) is 9.59 Å². The van der Waals surface area contributed by atoms with Crippen LogP contribution in [-0.2, 0) is 4.79 Å². The monoisotopic (exact) mass is 299 g/mol. The third-order valence-corrected chi connectivity index (χ3v) is 3.78. The lowest BCUT2D eigenvalue weighted by atomic mass is 10.0. The molecular formula is C15H29N3O3. The van der Waals surface area contributed by atoms with E-state index in [2.05, 4.69) is 19.2 Å². The van der Waals surface area contributed by atoms with Gasteiger partial charge in [-0.25, -0.2) is 4.79 Å².